The van der Waals surface area contributed by atoms with Crippen molar-refractivity contribution in [2.45, 2.75) is 40.2 Å². The fourth-order valence-corrected chi connectivity index (χ4v) is 3.01. The Kier molecular flexibility index (Phi) is 6.37. The Balaban J connectivity index is 2.06. The quantitative estimate of drug-likeness (QED) is 0.776. The summed E-state index contributed by atoms with van der Waals surface area (Å²) in [5.41, 5.74) is 5.87. The highest BCUT2D eigenvalue weighted by molar-refractivity contribution is 5.75. The van der Waals surface area contributed by atoms with E-state index in [1.165, 1.54) is 16.8 Å². The zero-order chi connectivity index (χ0) is 18.6. The second-order valence-corrected chi connectivity index (χ2v) is 6.98. The van der Waals surface area contributed by atoms with Crippen molar-refractivity contribution in [1.82, 2.24) is 19.6 Å². The summed E-state index contributed by atoms with van der Waals surface area (Å²) in [7, 11) is 5.71. The van der Waals surface area contributed by atoms with Crippen molar-refractivity contribution >= 4 is 5.91 Å². The van der Waals surface area contributed by atoms with Crippen LogP contribution in [0.1, 0.15) is 35.4 Å². The number of aromatic nitrogens is 2. The SMILES string of the molecule is Cc1ccccc1-n1nc(C)c(CN(C)CCCC(=O)N(C)C)c1C. The van der Waals surface area contributed by atoms with Gasteiger partial charge in [-0.15, -0.1) is 0 Å². The first-order chi connectivity index (χ1) is 11.8. The summed E-state index contributed by atoms with van der Waals surface area (Å²) in [6.45, 7) is 8.05. The third kappa shape index (κ3) is 4.69. The van der Waals surface area contributed by atoms with E-state index in [1.54, 1.807) is 19.0 Å². The molecule has 5 heteroatoms. The van der Waals surface area contributed by atoms with Crippen molar-refractivity contribution in [1.29, 1.82) is 0 Å². The Hall–Kier alpha value is -2.14. The number of rotatable bonds is 7. The lowest BCUT2D eigenvalue weighted by Gasteiger charge is -2.18. The molecule has 0 fully saturated rings. The highest BCUT2D eigenvalue weighted by Crippen LogP contribution is 2.21. The molecule has 5 nitrogen and oxygen atoms in total. The highest BCUT2D eigenvalue weighted by Gasteiger charge is 2.15. The van der Waals surface area contributed by atoms with Crippen molar-refractivity contribution < 1.29 is 4.79 Å². The molecular formula is C20H30N4O. The van der Waals surface area contributed by atoms with Gasteiger partial charge in [-0.3, -0.25) is 4.79 Å². The molecule has 0 aliphatic rings. The van der Waals surface area contributed by atoms with Gasteiger partial charge in [0.25, 0.3) is 0 Å². The van der Waals surface area contributed by atoms with Crippen molar-refractivity contribution in [2.75, 3.05) is 27.7 Å². The number of aryl methyl sites for hydroxylation is 2. The van der Waals surface area contributed by atoms with Gasteiger partial charge in [0, 0.05) is 38.3 Å². The van der Waals surface area contributed by atoms with Crippen LogP contribution in [0.3, 0.4) is 0 Å². The van der Waals surface area contributed by atoms with Crippen molar-refractivity contribution in [3.05, 3.63) is 46.8 Å². The van der Waals surface area contributed by atoms with E-state index in [0.717, 1.165) is 30.9 Å². The van der Waals surface area contributed by atoms with Crippen LogP contribution in [0, 0.1) is 20.8 Å². The normalized spacial score (nSPS) is 11.2. The molecule has 0 unspecified atom stereocenters. The molecule has 0 bridgehead atoms. The summed E-state index contributed by atoms with van der Waals surface area (Å²) in [4.78, 5) is 15.6. The smallest absolute Gasteiger partial charge is 0.222 e. The van der Waals surface area contributed by atoms with Gasteiger partial charge >= 0.3 is 0 Å². The van der Waals surface area contributed by atoms with Crippen LogP contribution in [0.5, 0.6) is 0 Å². The summed E-state index contributed by atoms with van der Waals surface area (Å²) >= 11 is 0. The van der Waals surface area contributed by atoms with E-state index < -0.39 is 0 Å². The van der Waals surface area contributed by atoms with Gasteiger partial charge in [0.05, 0.1) is 11.4 Å². The van der Waals surface area contributed by atoms with Crippen LogP contribution in [0.2, 0.25) is 0 Å². The minimum Gasteiger partial charge on any atom is -0.349 e. The van der Waals surface area contributed by atoms with Crippen LogP contribution < -0.4 is 0 Å². The van der Waals surface area contributed by atoms with Gasteiger partial charge in [-0.05, 0) is 52.4 Å². The van der Waals surface area contributed by atoms with E-state index >= 15 is 0 Å². The second-order valence-electron chi connectivity index (χ2n) is 6.98. The molecule has 0 spiro atoms. The van der Waals surface area contributed by atoms with Crippen molar-refractivity contribution in [3.63, 3.8) is 0 Å². The molecule has 0 atom stereocenters. The van der Waals surface area contributed by atoms with Crippen molar-refractivity contribution in [2.24, 2.45) is 0 Å². The number of carbonyl (C=O) groups is 1. The Morgan fingerprint density at radius 2 is 1.80 bits per heavy atom. The van der Waals surface area contributed by atoms with E-state index in [-0.39, 0.29) is 5.91 Å². The topological polar surface area (TPSA) is 41.4 Å². The number of amides is 1. The lowest BCUT2D eigenvalue weighted by Crippen LogP contribution is -2.24. The van der Waals surface area contributed by atoms with Crippen LogP contribution in [0.25, 0.3) is 5.69 Å². The average Bonchev–Trinajstić information content (AvgIpc) is 2.83. The third-order valence-corrected chi connectivity index (χ3v) is 4.64. The minimum absolute atomic E-state index is 0.188. The molecule has 0 radical (unpaired) electrons. The van der Waals surface area contributed by atoms with Crippen LogP contribution in [0.4, 0.5) is 0 Å². The van der Waals surface area contributed by atoms with E-state index in [2.05, 4.69) is 44.9 Å². The van der Waals surface area contributed by atoms with Gasteiger partial charge in [0.2, 0.25) is 5.91 Å². The largest absolute Gasteiger partial charge is 0.349 e. The van der Waals surface area contributed by atoms with E-state index in [1.807, 2.05) is 16.8 Å². The summed E-state index contributed by atoms with van der Waals surface area (Å²) in [5.74, 6) is 0.188. The van der Waals surface area contributed by atoms with Gasteiger partial charge < -0.3 is 9.80 Å². The Labute approximate surface area is 151 Å². The summed E-state index contributed by atoms with van der Waals surface area (Å²) in [5, 5.41) is 4.76. The van der Waals surface area contributed by atoms with Crippen LogP contribution in [-0.4, -0.2) is 53.2 Å². The Morgan fingerprint density at radius 1 is 1.12 bits per heavy atom. The standard InChI is InChI=1S/C20H30N4O/c1-15-10-7-8-11-19(15)24-17(3)18(16(2)21-24)14-23(6)13-9-12-20(25)22(4)5/h7-8,10-11H,9,12-14H2,1-6H3. The molecule has 0 aliphatic heterocycles. The molecule has 0 saturated heterocycles. The predicted octanol–water partition coefficient (Wildman–Crippen LogP) is 3.10. The molecule has 136 valence electrons. The maximum Gasteiger partial charge on any atom is 0.222 e. The summed E-state index contributed by atoms with van der Waals surface area (Å²) < 4.78 is 2.05. The number of nitrogens with zero attached hydrogens (tertiary/aromatic N) is 4. The van der Waals surface area contributed by atoms with Gasteiger partial charge in [-0.25, -0.2) is 4.68 Å². The zero-order valence-electron chi connectivity index (χ0n) is 16.3. The molecule has 2 rings (SSSR count). The zero-order valence-corrected chi connectivity index (χ0v) is 16.3. The first-order valence-corrected chi connectivity index (χ1v) is 8.81. The molecule has 1 heterocycles. The van der Waals surface area contributed by atoms with Gasteiger partial charge in [-0.2, -0.15) is 5.10 Å². The fraction of sp³-hybridized carbons (Fsp3) is 0.500. The highest BCUT2D eigenvalue weighted by atomic mass is 16.2. The Morgan fingerprint density at radius 3 is 2.44 bits per heavy atom. The number of hydrogen-bond acceptors (Lipinski definition) is 3. The first-order valence-electron chi connectivity index (χ1n) is 8.81. The van der Waals surface area contributed by atoms with Crippen molar-refractivity contribution in [3.8, 4) is 5.69 Å². The van der Waals surface area contributed by atoms with Crippen LogP contribution in [-0.2, 0) is 11.3 Å². The van der Waals surface area contributed by atoms with Crippen LogP contribution in [0.15, 0.2) is 24.3 Å². The minimum atomic E-state index is 0.188. The van der Waals surface area contributed by atoms with E-state index in [4.69, 9.17) is 5.10 Å². The fourth-order valence-electron chi connectivity index (χ4n) is 3.01. The monoisotopic (exact) mass is 342 g/mol. The molecule has 25 heavy (non-hydrogen) atoms. The summed E-state index contributed by atoms with van der Waals surface area (Å²) in [6.07, 6.45) is 1.47. The first kappa shape index (κ1) is 19.2. The molecule has 2 aromatic rings. The van der Waals surface area contributed by atoms with Crippen LogP contribution >= 0.6 is 0 Å². The van der Waals surface area contributed by atoms with Gasteiger partial charge in [0.1, 0.15) is 0 Å². The molecular weight excluding hydrogens is 312 g/mol. The molecule has 0 N–H and O–H groups in total. The number of benzene rings is 1. The number of para-hydroxylation sites is 1. The second kappa shape index (κ2) is 8.30. The predicted molar refractivity (Wildman–Crippen MR) is 102 cm³/mol. The van der Waals surface area contributed by atoms with E-state index in [0.29, 0.717) is 6.42 Å². The third-order valence-electron chi connectivity index (χ3n) is 4.64. The van der Waals surface area contributed by atoms with Gasteiger partial charge in [-0.1, -0.05) is 18.2 Å². The lowest BCUT2D eigenvalue weighted by atomic mass is 10.1. The molecule has 1 aromatic heterocycles. The number of hydrogen-bond donors (Lipinski definition) is 0. The summed E-state index contributed by atoms with van der Waals surface area (Å²) in [6, 6.07) is 8.31. The molecule has 1 amide bonds. The van der Waals surface area contributed by atoms with E-state index in [9.17, 15) is 4.79 Å². The number of carbonyl (C=O) groups excluding carboxylic acids is 1. The molecule has 0 saturated carbocycles. The molecule has 0 aliphatic carbocycles. The maximum absolute atomic E-state index is 11.7. The Bertz CT molecular complexity index is 733. The average molecular weight is 342 g/mol. The molecule has 1 aromatic carbocycles. The lowest BCUT2D eigenvalue weighted by molar-refractivity contribution is -0.128. The van der Waals surface area contributed by atoms with Gasteiger partial charge in [0.15, 0.2) is 0 Å². The maximum atomic E-state index is 11.7.